The van der Waals surface area contributed by atoms with E-state index in [0.29, 0.717) is 60.3 Å². The van der Waals surface area contributed by atoms with Crippen molar-refractivity contribution >= 4 is 77.8 Å². The van der Waals surface area contributed by atoms with E-state index in [9.17, 15) is 19.2 Å². The van der Waals surface area contributed by atoms with Crippen molar-refractivity contribution in [2.75, 3.05) is 7.11 Å². The van der Waals surface area contributed by atoms with Crippen molar-refractivity contribution in [3.63, 3.8) is 0 Å². The highest BCUT2D eigenvalue weighted by molar-refractivity contribution is 6.34. The van der Waals surface area contributed by atoms with Crippen LogP contribution >= 0.6 is 23.2 Å². The third kappa shape index (κ3) is 8.04. The maximum atomic E-state index is 13.6. The van der Waals surface area contributed by atoms with Crippen LogP contribution in [0.2, 0.25) is 10.0 Å². The number of H-pyrrole nitrogens is 2. The number of rotatable bonds is 7. The minimum absolute atomic E-state index is 0.357. The quantitative estimate of drug-likeness (QED) is 0.154. The van der Waals surface area contributed by atoms with Gasteiger partial charge in [-0.25, -0.2) is 37.7 Å². The monoisotopic (exact) mass is 1060 g/mol. The van der Waals surface area contributed by atoms with E-state index in [4.69, 9.17) is 27.9 Å². The van der Waals surface area contributed by atoms with Gasteiger partial charge in [0.2, 0.25) is 0 Å². The molecule has 0 unspecified atom stereocenters. The summed E-state index contributed by atoms with van der Waals surface area (Å²) in [6.07, 6.45) is 13.1. The molecule has 14 aromatic rings. The lowest BCUT2D eigenvalue weighted by Gasteiger charge is -2.15. The number of pyridine rings is 4. The third-order valence-electron chi connectivity index (χ3n) is 13.6. The summed E-state index contributed by atoms with van der Waals surface area (Å²) in [7, 11) is 1.58. The molecule has 0 aliphatic rings. The zero-order valence-electron chi connectivity index (χ0n) is 40.7. The predicted molar refractivity (Wildman–Crippen MR) is 302 cm³/mol. The van der Waals surface area contributed by atoms with Gasteiger partial charge in [0.1, 0.15) is 12.7 Å². The number of ether oxygens (including phenoxy) is 1. The lowest BCUT2D eigenvalue weighted by Crippen LogP contribution is -2.33. The molecule has 0 aliphatic carbocycles. The molecule has 17 nitrogen and oxygen atoms in total. The van der Waals surface area contributed by atoms with E-state index in [1.165, 1.54) is 25.0 Å². The van der Waals surface area contributed by atoms with Crippen LogP contribution < -0.4 is 27.2 Å². The molecule has 8 heterocycles. The Labute approximate surface area is 448 Å². The van der Waals surface area contributed by atoms with Crippen LogP contribution in [0.25, 0.3) is 111 Å². The summed E-state index contributed by atoms with van der Waals surface area (Å²) < 4.78 is 11.1. The average Bonchev–Trinajstić information content (AvgIpc) is 4.19. The summed E-state index contributed by atoms with van der Waals surface area (Å²) in [6.45, 7) is 0. The molecule has 0 saturated heterocycles. The molecular formula is C59H36Cl2N12O5. The first kappa shape index (κ1) is 47.4. The molecule has 0 fully saturated rings. The van der Waals surface area contributed by atoms with Gasteiger partial charge in [-0.05, 0) is 82.4 Å². The summed E-state index contributed by atoms with van der Waals surface area (Å²) in [4.78, 5) is 76.5. The first-order chi connectivity index (χ1) is 38.1. The maximum absolute atomic E-state index is 13.6. The van der Waals surface area contributed by atoms with Gasteiger partial charge in [-0.15, -0.1) is 0 Å². The van der Waals surface area contributed by atoms with Crippen LogP contribution in [0.1, 0.15) is 0 Å². The van der Waals surface area contributed by atoms with Crippen LogP contribution in [-0.2, 0) is 0 Å². The normalized spacial score (nSPS) is 11.5. The van der Waals surface area contributed by atoms with Crippen LogP contribution in [0, 0.1) is 0 Å². The molecular weight excluding hydrogens is 1030 g/mol. The molecule has 14 rings (SSSR count). The number of methoxy groups -OCH3 is 1. The number of aromatic amines is 2. The SMILES string of the molecule is COc1cc(-c2cccc(Cl)c2-c2ccc3c(=O)n(-c4cncc5ccccc45)c(=O)[nH]c3c2)cn2ncnc12.O=c1[nH]c2cc(-c3c(Cl)cccc3-c3ccn4ncnc4c3)ccc2c(=O)n1-c1cncc2ccccc12. The Balaban J connectivity index is 0.000000149. The van der Waals surface area contributed by atoms with Gasteiger partial charge in [-0.2, -0.15) is 10.2 Å². The number of hydrogen-bond acceptors (Lipinski definition) is 11. The number of benzene rings is 6. The highest BCUT2D eigenvalue weighted by atomic mass is 35.5. The number of aromatic nitrogens is 12. The lowest BCUT2D eigenvalue weighted by molar-refractivity contribution is 0.417. The van der Waals surface area contributed by atoms with Crippen LogP contribution in [0.5, 0.6) is 5.75 Å². The lowest BCUT2D eigenvalue weighted by atomic mass is 9.94. The van der Waals surface area contributed by atoms with E-state index in [0.717, 1.165) is 75.2 Å². The highest BCUT2D eigenvalue weighted by Gasteiger charge is 2.20. The fourth-order valence-corrected chi connectivity index (χ4v) is 10.6. The summed E-state index contributed by atoms with van der Waals surface area (Å²) >= 11 is 13.5. The van der Waals surface area contributed by atoms with Gasteiger partial charge in [0, 0.05) is 73.1 Å². The van der Waals surface area contributed by atoms with Crippen molar-refractivity contribution < 1.29 is 4.74 Å². The number of nitrogens with one attached hydrogen (secondary N) is 2. The van der Waals surface area contributed by atoms with E-state index in [-0.39, 0.29) is 0 Å². The summed E-state index contributed by atoms with van der Waals surface area (Å²) in [6, 6.07) is 42.6. The topological polar surface area (TPSA) is 205 Å². The van der Waals surface area contributed by atoms with Gasteiger partial charge in [-0.1, -0.05) is 108 Å². The molecule has 0 aliphatic heterocycles. The third-order valence-corrected chi connectivity index (χ3v) is 14.3. The van der Waals surface area contributed by atoms with Crippen molar-refractivity contribution in [3.8, 4) is 61.6 Å². The number of fused-ring (bicyclic) bond motifs is 6. The number of hydrogen-bond donors (Lipinski definition) is 2. The largest absolute Gasteiger partial charge is 0.493 e. The van der Waals surface area contributed by atoms with Crippen molar-refractivity contribution in [1.82, 2.24) is 58.3 Å². The van der Waals surface area contributed by atoms with Gasteiger partial charge in [0.25, 0.3) is 11.1 Å². The van der Waals surface area contributed by atoms with Crippen molar-refractivity contribution in [2.24, 2.45) is 0 Å². The molecule has 8 aromatic heterocycles. The van der Waals surface area contributed by atoms with Crippen LogP contribution in [0.3, 0.4) is 0 Å². The molecule has 19 heteroatoms. The molecule has 376 valence electrons. The van der Waals surface area contributed by atoms with E-state index in [2.05, 4.69) is 40.1 Å². The van der Waals surface area contributed by atoms with Crippen LogP contribution in [-0.4, -0.2) is 65.4 Å². The molecule has 0 saturated carbocycles. The van der Waals surface area contributed by atoms with E-state index >= 15 is 0 Å². The van der Waals surface area contributed by atoms with Crippen molar-refractivity contribution in [2.45, 2.75) is 0 Å². The van der Waals surface area contributed by atoms with Gasteiger partial charge in [-0.3, -0.25) is 19.6 Å². The Morgan fingerprint density at radius 2 is 1.04 bits per heavy atom. The second-order valence-electron chi connectivity index (χ2n) is 18.1. The van der Waals surface area contributed by atoms with Crippen molar-refractivity contribution in [3.05, 3.63) is 241 Å². The first-order valence-electron chi connectivity index (χ1n) is 24.1. The molecule has 2 N–H and O–H groups in total. The average molecular weight is 1060 g/mol. The second-order valence-corrected chi connectivity index (χ2v) is 18.9. The Kier molecular flexibility index (Phi) is 11.6. The zero-order chi connectivity index (χ0) is 53.2. The molecule has 0 amide bonds. The van der Waals surface area contributed by atoms with E-state index < -0.39 is 22.5 Å². The van der Waals surface area contributed by atoms with Crippen LogP contribution in [0.4, 0.5) is 0 Å². The van der Waals surface area contributed by atoms with Gasteiger partial charge >= 0.3 is 11.4 Å². The fourth-order valence-electron chi connectivity index (χ4n) is 10.0. The molecule has 0 spiro atoms. The maximum Gasteiger partial charge on any atom is 0.333 e. The smallest absolute Gasteiger partial charge is 0.333 e. The van der Waals surface area contributed by atoms with Gasteiger partial charge in [0.05, 0.1) is 52.7 Å². The molecule has 6 aromatic carbocycles. The Morgan fingerprint density at radius 1 is 0.500 bits per heavy atom. The summed E-state index contributed by atoms with van der Waals surface area (Å²) in [5.41, 5.74) is 7.41. The molecule has 0 bridgehead atoms. The molecule has 78 heavy (non-hydrogen) atoms. The van der Waals surface area contributed by atoms with E-state index in [1.54, 1.807) is 58.9 Å². The standard InChI is InChI=1S/C30H19ClN6O3.C29H17ClN6O2/c1-40-26-12-19(15-36-28(26)33-16-34-36)21-7-4-8-23(31)27(21)17-9-10-22-24(11-17)35-30(39)37(29(22)38)25-14-32-13-18-5-2-3-6-20(18)25;30-23-7-3-6-21(17-10-11-35-26(13-17)32-16-33-35)27(23)18-8-9-22-24(12-18)34-29(38)36(28(22)37)25-15-31-14-19-4-1-2-5-20(19)25/h2-16H,1H3,(H,35,39);1-16H,(H,34,38). The number of halogens is 2. The van der Waals surface area contributed by atoms with Crippen LogP contribution in [0.15, 0.2) is 209 Å². The Morgan fingerprint density at radius 3 is 1.62 bits per heavy atom. The minimum atomic E-state index is -0.562. The summed E-state index contributed by atoms with van der Waals surface area (Å²) in [5, 5.41) is 13.4. The zero-order valence-corrected chi connectivity index (χ0v) is 42.2. The molecule has 0 radical (unpaired) electrons. The minimum Gasteiger partial charge on any atom is -0.493 e. The highest BCUT2D eigenvalue weighted by Crippen LogP contribution is 2.41. The second kappa shape index (κ2) is 19.1. The predicted octanol–water partition coefficient (Wildman–Crippen LogP) is 10.5. The fraction of sp³-hybridized carbons (Fsp3) is 0.0169. The van der Waals surface area contributed by atoms with Gasteiger partial charge < -0.3 is 14.7 Å². The van der Waals surface area contributed by atoms with E-state index in [1.807, 2.05) is 122 Å². The molecule has 0 atom stereocenters. The first-order valence-corrected chi connectivity index (χ1v) is 24.9. The van der Waals surface area contributed by atoms with Crippen molar-refractivity contribution in [1.29, 1.82) is 0 Å². The number of nitrogens with zero attached hydrogens (tertiary/aromatic N) is 10. The van der Waals surface area contributed by atoms with Gasteiger partial charge in [0.15, 0.2) is 17.0 Å². The Hall–Kier alpha value is -10.4. The Bertz CT molecular complexity index is 5010. The summed E-state index contributed by atoms with van der Waals surface area (Å²) in [5.74, 6) is 0.562.